The number of hydrogen-bond donors (Lipinski definition) is 2. The monoisotopic (exact) mass is 270 g/mol. The quantitative estimate of drug-likeness (QED) is 0.865. The summed E-state index contributed by atoms with van der Waals surface area (Å²) in [6, 6.07) is 3.89. The molecule has 0 bridgehead atoms. The standard InChI is InChI=1S/C13H16ClFN2O/c1-8-4-5-16-7-12(8)17-13(18)10-3-2-9(15)6-11(10)14/h2-3,6,8,12,16H,4-5,7H2,1H3,(H,17,18). The van der Waals surface area contributed by atoms with Crippen LogP contribution in [0.5, 0.6) is 0 Å². The van der Waals surface area contributed by atoms with Crippen molar-refractivity contribution in [2.24, 2.45) is 5.92 Å². The maximum Gasteiger partial charge on any atom is 0.253 e. The molecule has 1 aromatic carbocycles. The Labute approximate surface area is 111 Å². The van der Waals surface area contributed by atoms with E-state index in [0.717, 1.165) is 25.6 Å². The van der Waals surface area contributed by atoms with Gasteiger partial charge in [-0.2, -0.15) is 0 Å². The summed E-state index contributed by atoms with van der Waals surface area (Å²) in [5, 5.41) is 6.32. The average Bonchev–Trinajstić information content (AvgIpc) is 2.32. The van der Waals surface area contributed by atoms with Crippen LogP contribution in [0.4, 0.5) is 4.39 Å². The highest BCUT2D eigenvalue weighted by Crippen LogP contribution is 2.18. The molecule has 2 N–H and O–H groups in total. The number of carbonyl (C=O) groups excluding carboxylic acids is 1. The molecule has 0 spiro atoms. The molecule has 1 saturated heterocycles. The van der Waals surface area contributed by atoms with Crippen LogP contribution in [0.15, 0.2) is 18.2 Å². The van der Waals surface area contributed by atoms with E-state index in [0.29, 0.717) is 11.5 Å². The SMILES string of the molecule is CC1CCNCC1NC(=O)c1ccc(F)cc1Cl. The lowest BCUT2D eigenvalue weighted by Gasteiger charge is -2.30. The average molecular weight is 271 g/mol. The fourth-order valence-electron chi connectivity index (χ4n) is 2.10. The number of carbonyl (C=O) groups is 1. The van der Waals surface area contributed by atoms with Gasteiger partial charge >= 0.3 is 0 Å². The zero-order valence-electron chi connectivity index (χ0n) is 10.2. The van der Waals surface area contributed by atoms with Crippen molar-refractivity contribution in [3.8, 4) is 0 Å². The van der Waals surface area contributed by atoms with Crippen molar-refractivity contribution < 1.29 is 9.18 Å². The van der Waals surface area contributed by atoms with Gasteiger partial charge in [-0.25, -0.2) is 4.39 Å². The van der Waals surface area contributed by atoms with Crippen molar-refractivity contribution in [3.05, 3.63) is 34.6 Å². The van der Waals surface area contributed by atoms with Crippen LogP contribution in [0.2, 0.25) is 5.02 Å². The van der Waals surface area contributed by atoms with Crippen LogP contribution in [0.3, 0.4) is 0 Å². The Balaban J connectivity index is 2.07. The minimum atomic E-state index is -0.441. The van der Waals surface area contributed by atoms with Gasteiger partial charge in [-0.15, -0.1) is 0 Å². The fourth-order valence-corrected chi connectivity index (χ4v) is 2.36. The van der Waals surface area contributed by atoms with E-state index in [9.17, 15) is 9.18 Å². The molecule has 0 aliphatic carbocycles. The number of benzene rings is 1. The van der Waals surface area contributed by atoms with Crippen LogP contribution < -0.4 is 10.6 Å². The molecular formula is C13H16ClFN2O. The van der Waals surface area contributed by atoms with Gasteiger partial charge in [0.25, 0.3) is 5.91 Å². The van der Waals surface area contributed by atoms with Gasteiger partial charge in [-0.05, 0) is 37.1 Å². The predicted octanol–water partition coefficient (Wildman–Crippen LogP) is 2.21. The van der Waals surface area contributed by atoms with Gasteiger partial charge in [0.15, 0.2) is 0 Å². The molecule has 0 radical (unpaired) electrons. The van der Waals surface area contributed by atoms with Crippen LogP contribution in [-0.2, 0) is 0 Å². The topological polar surface area (TPSA) is 41.1 Å². The highest BCUT2D eigenvalue weighted by atomic mass is 35.5. The van der Waals surface area contributed by atoms with Gasteiger partial charge in [-0.3, -0.25) is 4.79 Å². The molecule has 1 heterocycles. The Morgan fingerprint density at radius 2 is 2.33 bits per heavy atom. The predicted molar refractivity (Wildman–Crippen MR) is 69.3 cm³/mol. The first kappa shape index (κ1) is 13.3. The van der Waals surface area contributed by atoms with Gasteiger partial charge < -0.3 is 10.6 Å². The highest BCUT2D eigenvalue weighted by molar-refractivity contribution is 6.33. The molecule has 2 rings (SSSR count). The van der Waals surface area contributed by atoms with E-state index in [-0.39, 0.29) is 17.0 Å². The summed E-state index contributed by atoms with van der Waals surface area (Å²) in [4.78, 5) is 12.0. The first-order valence-corrected chi connectivity index (χ1v) is 6.42. The number of piperidine rings is 1. The Bertz CT molecular complexity index is 453. The summed E-state index contributed by atoms with van der Waals surface area (Å²) in [5.74, 6) is -0.265. The summed E-state index contributed by atoms with van der Waals surface area (Å²) in [7, 11) is 0. The van der Waals surface area contributed by atoms with Crippen LogP contribution in [0.1, 0.15) is 23.7 Å². The minimum absolute atomic E-state index is 0.0902. The summed E-state index contributed by atoms with van der Waals surface area (Å²) in [6.07, 6.45) is 1.03. The fraction of sp³-hybridized carbons (Fsp3) is 0.462. The maximum absolute atomic E-state index is 12.9. The van der Waals surface area contributed by atoms with E-state index < -0.39 is 5.82 Å². The lowest BCUT2D eigenvalue weighted by Crippen LogP contribution is -2.50. The summed E-state index contributed by atoms with van der Waals surface area (Å²) in [6.45, 7) is 3.84. The zero-order chi connectivity index (χ0) is 13.1. The van der Waals surface area contributed by atoms with E-state index in [4.69, 9.17) is 11.6 Å². The number of amides is 1. The molecule has 1 aliphatic heterocycles. The Hall–Kier alpha value is -1.13. The molecule has 1 amide bonds. The molecule has 2 atom stereocenters. The molecule has 3 nitrogen and oxygen atoms in total. The second-order valence-electron chi connectivity index (χ2n) is 4.67. The van der Waals surface area contributed by atoms with Crippen LogP contribution in [-0.4, -0.2) is 25.0 Å². The Morgan fingerprint density at radius 1 is 1.56 bits per heavy atom. The van der Waals surface area contributed by atoms with E-state index in [1.54, 1.807) is 0 Å². The summed E-state index contributed by atoms with van der Waals surface area (Å²) < 4.78 is 12.9. The van der Waals surface area contributed by atoms with Crippen molar-refractivity contribution in [1.29, 1.82) is 0 Å². The van der Waals surface area contributed by atoms with Gasteiger partial charge in [0.2, 0.25) is 0 Å². The molecule has 0 aromatic heterocycles. The van der Waals surface area contributed by atoms with E-state index in [2.05, 4.69) is 17.6 Å². The normalized spacial score (nSPS) is 23.7. The molecule has 1 aliphatic rings. The molecular weight excluding hydrogens is 255 g/mol. The number of rotatable bonds is 2. The van der Waals surface area contributed by atoms with E-state index in [1.807, 2.05) is 0 Å². The second kappa shape index (κ2) is 5.67. The van der Waals surface area contributed by atoms with Crippen molar-refractivity contribution in [1.82, 2.24) is 10.6 Å². The van der Waals surface area contributed by atoms with Crippen LogP contribution in [0, 0.1) is 11.7 Å². The van der Waals surface area contributed by atoms with Crippen molar-refractivity contribution in [2.75, 3.05) is 13.1 Å². The molecule has 18 heavy (non-hydrogen) atoms. The molecule has 98 valence electrons. The summed E-state index contributed by atoms with van der Waals surface area (Å²) in [5.41, 5.74) is 0.316. The molecule has 0 saturated carbocycles. The van der Waals surface area contributed by atoms with Crippen LogP contribution >= 0.6 is 11.6 Å². The number of halogens is 2. The van der Waals surface area contributed by atoms with Gasteiger partial charge in [-0.1, -0.05) is 18.5 Å². The van der Waals surface area contributed by atoms with Gasteiger partial charge in [0.1, 0.15) is 5.82 Å². The van der Waals surface area contributed by atoms with Crippen molar-refractivity contribution in [3.63, 3.8) is 0 Å². The first-order chi connectivity index (χ1) is 8.58. The number of nitrogens with one attached hydrogen (secondary N) is 2. The molecule has 1 aromatic rings. The summed E-state index contributed by atoms with van der Waals surface area (Å²) >= 11 is 5.86. The largest absolute Gasteiger partial charge is 0.348 e. The van der Waals surface area contributed by atoms with Gasteiger partial charge in [0.05, 0.1) is 10.6 Å². The third kappa shape index (κ3) is 3.00. The third-order valence-corrected chi connectivity index (χ3v) is 3.63. The lowest BCUT2D eigenvalue weighted by molar-refractivity contribution is 0.0915. The van der Waals surface area contributed by atoms with E-state index in [1.165, 1.54) is 12.1 Å². The van der Waals surface area contributed by atoms with Crippen molar-refractivity contribution in [2.45, 2.75) is 19.4 Å². The first-order valence-electron chi connectivity index (χ1n) is 6.04. The highest BCUT2D eigenvalue weighted by Gasteiger charge is 2.23. The minimum Gasteiger partial charge on any atom is -0.348 e. The molecule has 5 heteroatoms. The zero-order valence-corrected chi connectivity index (χ0v) is 10.9. The number of hydrogen-bond acceptors (Lipinski definition) is 2. The van der Waals surface area contributed by atoms with Crippen molar-refractivity contribution >= 4 is 17.5 Å². The third-order valence-electron chi connectivity index (χ3n) is 3.32. The smallest absolute Gasteiger partial charge is 0.253 e. The Kier molecular flexibility index (Phi) is 4.19. The maximum atomic E-state index is 12.9. The van der Waals surface area contributed by atoms with E-state index >= 15 is 0 Å². The second-order valence-corrected chi connectivity index (χ2v) is 5.08. The van der Waals surface area contributed by atoms with Crippen LogP contribution in [0.25, 0.3) is 0 Å². The molecule has 2 unspecified atom stereocenters. The Morgan fingerprint density at radius 3 is 3.00 bits per heavy atom. The van der Waals surface area contributed by atoms with Gasteiger partial charge in [0, 0.05) is 12.6 Å². The lowest BCUT2D eigenvalue weighted by atomic mass is 9.94. The molecule has 1 fully saturated rings.